The lowest BCUT2D eigenvalue weighted by Gasteiger charge is -2.24. The van der Waals surface area contributed by atoms with E-state index in [2.05, 4.69) is 6.92 Å². The number of aryl methyl sites for hydroxylation is 2. The van der Waals surface area contributed by atoms with Gasteiger partial charge in [0.2, 0.25) is 0 Å². The molecule has 1 saturated carbocycles. The quantitative estimate of drug-likeness (QED) is 0.826. The van der Waals surface area contributed by atoms with Gasteiger partial charge in [0, 0.05) is 28.9 Å². The van der Waals surface area contributed by atoms with E-state index in [-0.39, 0.29) is 6.04 Å². The number of nitrogens with zero attached hydrogens (tertiary/aromatic N) is 2. The van der Waals surface area contributed by atoms with Crippen molar-refractivity contribution in [2.24, 2.45) is 5.73 Å². The normalized spacial score (nSPS) is 24.2. The fraction of sp³-hybridized carbons (Fsp3) is 0.692. The zero-order valence-electron chi connectivity index (χ0n) is 9.87. The van der Waals surface area contributed by atoms with E-state index in [0.29, 0.717) is 5.92 Å². The average Bonchev–Trinajstić information content (AvgIpc) is 3.11. The summed E-state index contributed by atoms with van der Waals surface area (Å²) in [5.74, 6) is 1.73. The van der Waals surface area contributed by atoms with E-state index in [1.807, 2.05) is 0 Å². The first-order valence-electron chi connectivity index (χ1n) is 6.44. The minimum atomic E-state index is 0.173. The van der Waals surface area contributed by atoms with Gasteiger partial charge < -0.3 is 5.73 Å². The van der Waals surface area contributed by atoms with Crippen molar-refractivity contribution in [3.63, 3.8) is 0 Å². The summed E-state index contributed by atoms with van der Waals surface area (Å²) in [6.07, 6.45) is 6.89. The van der Waals surface area contributed by atoms with Crippen molar-refractivity contribution in [3.05, 3.63) is 22.8 Å². The third kappa shape index (κ3) is 1.63. The predicted molar refractivity (Wildman–Crippen MR) is 63.3 cm³/mol. The molecule has 0 spiro atoms. The molecule has 0 amide bonds. The summed E-state index contributed by atoms with van der Waals surface area (Å²) in [6.45, 7) is 2.17. The van der Waals surface area contributed by atoms with Gasteiger partial charge in [-0.3, -0.25) is 0 Å². The summed E-state index contributed by atoms with van der Waals surface area (Å²) in [5, 5.41) is 0. The molecule has 1 atom stereocenters. The highest BCUT2D eigenvalue weighted by Gasteiger charge is 2.30. The third-order valence-corrected chi connectivity index (χ3v) is 3.70. The standard InChI is InChI=1S/C13H19N3/c1-2-10-12-9(14)4-3-5-11(12)16-13(15-10)8-6-7-8/h8-9H,2-7,14H2,1H3. The Kier molecular flexibility index (Phi) is 2.43. The summed E-state index contributed by atoms with van der Waals surface area (Å²) in [7, 11) is 0. The second-order valence-corrected chi connectivity index (χ2v) is 5.02. The van der Waals surface area contributed by atoms with Crippen molar-refractivity contribution in [1.82, 2.24) is 9.97 Å². The van der Waals surface area contributed by atoms with Crippen molar-refractivity contribution in [3.8, 4) is 0 Å². The monoisotopic (exact) mass is 217 g/mol. The molecule has 0 aromatic carbocycles. The zero-order chi connectivity index (χ0) is 11.1. The van der Waals surface area contributed by atoms with Crippen LogP contribution in [0.1, 0.15) is 67.3 Å². The average molecular weight is 217 g/mol. The van der Waals surface area contributed by atoms with Crippen LogP contribution in [0.5, 0.6) is 0 Å². The molecule has 3 heteroatoms. The molecule has 1 aromatic heterocycles. The van der Waals surface area contributed by atoms with E-state index >= 15 is 0 Å². The zero-order valence-corrected chi connectivity index (χ0v) is 9.87. The van der Waals surface area contributed by atoms with E-state index in [0.717, 1.165) is 25.1 Å². The third-order valence-electron chi connectivity index (χ3n) is 3.70. The highest BCUT2D eigenvalue weighted by atomic mass is 14.9. The van der Waals surface area contributed by atoms with E-state index in [1.54, 1.807) is 0 Å². The van der Waals surface area contributed by atoms with Crippen LogP contribution in [0.15, 0.2) is 0 Å². The van der Waals surface area contributed by atoms with Gasteiger partial charge in [-0.05, 0) is 38.5 Å². The van der Waals surface area contributed by atoms with Crippen molar-refractivity contribution in [2.75, 3.05) is 0 Å². The van der Waals surface area contributed by atoms with Crippen LogP contribution in [0.2, 0.25) is 0 Å². The van der Waals surface area contributed by atoms with Crippen molar-refractivity contribution in [1.29, 1.82) is 0 Å². The van der Waals surface area contributed by atoms with Gasteiger partial charge in [-0.25, -0.2) is 9.97 Å². The molecule has 0 bridgehead atoms. The first-order chi connectivity index (χ1) is 7.79. The van der Waals surface area contributed by atoms with Crippen LogP contribution in [0.4, 0.5) is 0 Å². The molecule has 2 aliphatic rings. The van der Waals surface area contributed by atoms with Gasteiger partial charge in [-0.2, -0.15) is 0 Å². The Morgan fingerprint density at radius 2 is 2.06 bits per heavy atom. The number of aromatic nitrogens is 2. The van der Waals surface area contributed by atoms with Gasteiger partial charge in [-0.15, -0.1) is 0 Å². The van der Waals surface area contributed by atoms with E-state index in [4.69, 9.17) is 15.7 Å². The SMILES string of the molecule is CCc1nc(C2CC2)nc2c1C(N)CCC2. The van der Waals surface area contributed by atoms with E-state index in [1.165, 1.54) is 36.2 Å². The van der Waals surface area contributed by atoms with Crippen LogP contribution in [0.3, 0.4) is 0 Å². The predicted octanol–water partition coefficient (Wildman–Crippen LogP) is 2.25. The molecular formula is C13H19N3. The van der Waals surface area contributed by atoms with Gasteiger partial charge in [0.15, 0.2) is 0 Å². The highest BCUT2D eigenvalue weighted by molar-refractivity contribution is 5.32. The fourth-order valence-electron chi connectivity index (χ4n) is 2.63. The first kappa shape index (κ1) is 10.2. The van der Waals surface area contributed by atoms with Crippen LogP contribution in [0, 0.1) is 0 Å². The van der Waals surface area contributed by atoms with Crippen LogP contribution in [-0.2, 0) is 12.8 Å². The Morgan fingerprint density at radius 3 is 2.75 bits per heavy atom. The lowest BCUT2D eigenvalue weighted by atomic mass is 9.90. The minimum Gasteiger partial charge on any atom is -0.324 e. The topological polar surface area (TPSA) is 51.8 Å². The molecule has 1 unspecified atom stereocenters. The van der Waals surface area contributed by atoms with Crippen molar-refractivity contribution < 1.29 is 0 Å². The Hall–Kier alpha value is -0.960. The number of rotatable bonds is 2. The van der Waals surface area contributed by atoms with Crippen LogP contribution < -0.4 is 5.73 Å². The lowest BCUT2D eigenvalue weighted by Crippen LogP contribution is -2.22. The molecule has 2 aliphatic carbocycles. The number of fused-ring (bicyclic) bond motifs is 1. The van der Waals surface area contributed by atoms with Crippen LogP contribution in [0.25, 0.3) is 0 Å². The molecule has 2 N–H and O–H groups in total. The number of nitrogens with two attached hydrogens (primary N) is 1. The molecule has 16 heavy (non-hydrogen) atoms. The second-order valence-electron chi connectivity index (χ2n) is 5.02. The van der Waals surface area contributed by atoms with Gasteiger partial charge in [0.25, 0.3) is 0 Å². The Labute approximate surface area is 96.5 Å². The van der Waals surface area contributed by atoms with Crippen LogP contribution in [-0.4, -0.2) is 9.97 Å². The van der Waals surface area contributed by atoms with Crippen LogP contribution >= 0.6 is 0 Å². The highest BCUT2D eigenvalue weighted by Crippen LogP contribution is 2.39. The van der Waals surface area contributed by atoms with Gasteiger partial charge in [0.05, 0.1) is 0 Å². The largest absolute Gasteiger partial charge is 0.324 e. The first-order valence-corrected chi connectivity index (χ1v) is 6.44. The molecule has 3 rings (SSSR count). The molecule has 86 valence electrons. The molecule has 0 aliphatic heterocycles. The molecule has 1 fully saturated rings. The van der Waals surface area contributed by atoms with Gasteiger partial charge in [0.1, 0.15) is 5.82 Å². The number of hydrogen-bond donors (Lipinski definition) is 1. The molecular weight excluding hydrogens is 198 g/mol. The van der Waals surface area contributed by atoms with Gasteiger partial charge >= 0.3 is 0 Å². The van der Waals surface area contributed by atoms with Crippen molar-refractivity contribution in [2.45, 2.75) is 57.4 Å². The maximum atomic E-state index is 6.18. The van der Waals surface area contributed by atoms with Gasteiger partial charge in [-0.1, -0.05) is 6.92 Å². The van der Waals surface area contributed by atoms with E-state index in [9.17, 15) is 0 Å². The molecule has 1 aromatic rings. The summed E-state index contributed by atoms with van der Waals surface area (Å²) in [4.78, 5) is 9.47. The Morgan fingerprint density at radius 1 is 1.25 bits per heavy atom. The Balaban J connectivity index is 2.09. The molecule has 1 heterocycles. The summed E-state index contributed by atoms with van der Waals surface area (Å²) in [6, 6.07) is 0.173. The maximum Gasteiger partial charge on any atom is 0.131 e. The molecule has 0 saturated heterocycles. The summed E-state index contributed by atoms with van der Waals surface area (Å²) < 4.78 is 0. The second kappa shape index (κ2) is 3.81. The summed E-state index contributed by atoms with van der Waals surface area (Å²) in [5.41, 5.74) is 9.90. The summed E-state index contributed by atoms with van der Waals surface area (Å²) >= 11 is 0. The fourth-order valence-corrected chi connectivity index (χ4v) is 2.63. The van der Waals surface area contributed by atoms with Crippen molar-refractivity contribution >= 4 is 0 Å². The molecule has 3 nitrogen and oxygen atoms in total. The smallest absolute Gasteiger partial charge is 0.131 e. The lowest BCUT2D eigenvalue weighted by molar-refractivity contribution is 0.545. The maximum absolute atomic E-state index is 6.18. The molecule has 0 radical (unpaired) electrons. The van der Waals surface area contributed by atoms with E-state index < -0.39 is 0 Å². The minimum absolute atomic E-state index is 0.173. The number of hydrogen-bond acceptors (Lipinski definition) is 3. The Bertz CT molecular complexity index is 393.